The monoisotopic (exact) mass is 387 g/mol. The minimum atomic E-state index is -0.354. The SMILES string of the molecule is O=C(CC1CNCCO1)N1CCC2(CC1)c1nc[nH]c1CCN2C(=O)C1CC1. The van der Waals surface area contributed by atoms with E-state index in [-0.39, 0.29) is 29.4 Å². The summed E-state index contributed by atoms with van der Waals surface area (Å²) in [5.74, 6) is 0.643. The number of carbonyl (C=O) groups excluding carboxylic acids is 2. The average molecular weight is 387 g/mol. The number of rotatable bonds is 3. The van der Waals surface area contributed by atoms with E-state index >= 15 is 0 Å². The van der Waals surface area contributed by atoms with Crippen molar-refractivity contribution >= 4 is 11.8 Å². The van der Waals surface area contributed by atoms with Gasteiger partial charge in [0.2, 0.25) is 11.8 Å². The van der Waals surface area contributed by atoms with E-state index < -0.39 is 0 Å². The van der Waals surface area contributed by atoms with E-state index in [1.54, 1.807) is 6.33 Å². The second-order valence-electron chi connectivity index (χ2n) is 8.56. The molecule has 1 aromatic rings. The molecule has 1 aliphatic carbocycles. The van der Waals surface area contributed by atoms with Crippen molar-refractivity contribution < 1.29 is 14.3 Å². The highest BCUT2D eigenvalue weighted by atomic mass is 16.5. The van der Waals surface area contributed by atoms with E-state index in [9.17, 15) is 9.59 Å². The second-order valence-corrected chi connectivity index (χ2v) is 8.56. The Morgan fingerprint density at radius 1 is 1.25 bits per heavy atom. The van der Waals surface area contributed by atoms with Crippen molar-refractivity contribution in [1.29, 1.82) is 0 Å². The fourth-order valence-electron chi connectivity index (χ4n) is 5.06. The van der Waals surface area contributed by atoms with E-state index in [4.69, 9.17) is 4.74 Å². The zero-order valence-electron chi connectivity index (χ0n) is 16.3. The molecule has 1 saturated carbocycles. The predicted molar refractivity (Wildman–Crippen MR) is 101 cm³/mol. The maximum absolute atomic E-state index is 13.0. The molecule has 5 rings (SSSR count). The molecule has 2 amide bonds. The highest BCUT2D eigenvalue weighted by molar-refractivity contribution is 5.82. The lowest BCUT2D eigenvalue weighted by Crippen LogP contribution is -2.59. The van der Waals surface area contributed by atoms with Crippen molar-refractivity contribution in [2.24, 2.45) is 5.92 Å². The molecule has 0 bridgehead atoms. The molecular weight excluding hydrogens is 358 g/mol. The molecule has 1 spiro atoms. The molecule has 28 heavy (non-hydrogen) atoms. The van der Waals surface area contributed by atoms with Crippen molar-refractivity contribution in [3.05, 3.63) is 17.7 Å². The Hall–Kier alpha value is -1.93. The van der Waals surface area contributed by atoms with Crippen molar-refractivity contribution in [2.75, 3.05) is 39.3 Å². The molecular formula is C20H29N5O3. The first-order valence-corrected chi connectivity index (χ1v) is 10.6. The number of aromatic amines is 1. The van der Waals surface area contributed by atoms with Gasteiger partial charge in [-0.25, -0.2) is 4.98 Å². The number of fused-ring (bicyclic) bond motifs is 2. The van der Waals surface area contributed by atoms with Crippen LogP contribution in [0, 0.1) is 5.92 Å². The molecule has 8 heteroatoms. The van der Waals surface area contributed by atoms with Crippen LogP contribution < -0.4 is 5.32 Å². The van der Waals surface area contributed by atoms with Gasteiger partial charge in [0, 0.05) is 50.8 Å². The number of morpholine rings is 1. The summed E-state index contributed by atoms with van der Waals surface area (Å²) in [4.78, 5) is 37.8. The van der Waals surface area contributed by atoms with Gasteiger partial charge in [0.15, 0.2) is 0 Å². The molecule has 1 unspecified atom stereocenters. The van der Waals surface area contributed by atoms with Crippen LogP contribution >= 0.6 is 0 Å². The summed E-state index contributed by atoms with van der Waals surface area (Å²) in [7, 11) is 0. The van der Waals surface area contributed by atoms with Gasteiger partial charge in [0.25, 0.3) is 0 Å². The van der Waals surface area contributed by atoms with Gasteiger partial charge in [-0.2, -0.15) is 0 Å². The third-order valence-corrected chi connectivity index (χ3v) is 6.80. The van der Waals surface area contributed by atoms with Crippen LogP contribution in [0.15, 0.2) is 6.33 Å². The number of ether oxygens (including phenoxy) is 1. The molecule has 4 heterocycles. The van der Waals surface area contributed by atoms with Crippen LogP contribution in [0.25, 0.3) is 0 Å². The zero-order chi connectivity index (χ0) is 19.1. The molecule has 0 aromatic carbocycles. The molecule has 2 saturated heterocycles. The molecule has 8 nitrogen and oxygen atoms in total. The Morgan fingerprint density at radius 3 is 2.79 bits per heavy atom. The Kier molecular flexibility index (Phi) is 4.63. The van der Waals surface area contributed by atoms with Crippen LogP contribution in [-0.2, 0) is 26.3 Å². The van der Waals surface area contributed by atoms with Gasteiger partial charge < -0.3 is 24.8 Å². The predicted octanol–water partition coefficient (Wildman–Crippen LogP) is 0.401. The summed E-state index contributed by atoms with van der Waals surface area (Å²) in [6, 6.07) is 0. The number of amides is 2. The molecule has 3 aliphatic heterocycles. The number of hydrogen-bond acceptors (Lipinski definition) is 5. The van der Waals surface area contributed by atoms with E-state index in [1.807, 2.05) is 4.90 Å². The van der Waals surface area contributed by atoms with Crippen molar-refractivity contribution in [3.63, 3.8) is 0 Å². The van der Waals surface area contributed by atoms with Crippen LogP contribution in [-0.4, -0.2) is 77.0 Å². The van der Waals surface area contributed by atoms with Crippen LogP contribution in [0.1, 0.15) is 43.5 Å². The third kappa shape index (κ3) is 3.12. The Balaban J connectivity index is 1.31. The first kappa shape index (κ1) is 18.1. The van der Waals surface area contributed by atoms with Crippen LogP contribution in [0.2, 0.25) is 0 Å². The van der Waals surface area contributed by atoms with E-state index in [0.717, 1.165) is 63.1 Å². The maximum Gasteiger partial charge on any atom is 0.226 e. The second kappa shape index (κ2) is 7.15. The van der Waals surface area contributed by atoms with Crippen LogP contribution in [0.3, 0.4) is 0 Å². The normalized spacial score (nSPS) is 26.9. The number of piperidine rings is 1. The minimum absolute atomic E-state index is 0.0299. The summed E-state index contributed by atoms with van der Waals surface area (Å²) >= 11 is 0. The number of imidazole rings is 1. The standard InChI is InChI=1S/C20H29N5O3/c26-17(11-15-12-21-6-10-28-15)24-8-4-20(5-9-24)18-16(22-13-23-18)3-7-25(20)19(27)14-1-2-14/h13-15,21H,1-12H2,(H,22,23). The number of aromatic nitrogens is 2. The van der Waals surface area contributed by atoms with Crippen LogP contribution in [0.4, 0.5) is 0 Å². The highest BCUT2D eigenvalue weighted by Gasteiger charge is 2.51. The molecule has 0 radical (unpaired) electrons. The van der Waals surface area contributed by atoms with E-state index in [0.29, 0.717) is 26.1 Å². The van der Waals surface area contributed by atoms with Gasteiger partial charge in [-0.15, -0.1) is 0 Å². The van der Waals surface area contributed by atoms with Gasteiger partial charge >= 0.3 is 0 Å². The number of nitrogens with zero attached hydrogens (tertiary/aromatic N) is 3. The van der Waals surface area contributed by atoms with Crippen molar-refractivity contribution in [1.82, 2.24) is 25.1 Å². The Morgan fingerprint density at radius 2 is 2.07 bits per heavy atom. The van der Waals surface area contributed by atoms with E-state index in [2.05, 4.69) is 20.2 Å². The van der Waals surface area contributed by atoms with Gasteiger partial charge in [0.1, 0.15) is 0 Å². The molecule has 1 atom stereocenters. The Bertz CT molecular complexity index is 745. The summed E-state index contributed by atoms with van der Waals surface area (Å²) in [5, 5.41) is 3.28. The number of carbonyl (C=O) groups is 2. The average Bonchev–Trinajstić information content (AvgIpc) is 3.46. The van der Waals surface area contributed by atoms with E-state index in [1.165, 1.54) is 0 Å². The molecule has 1 aromatic heterocycles. The quantitative estimate of drug-likeness (QED) is 0.784. The zero-order valence-corrected chi connectivity index (χ0v) is 16.3. The molecule has 3 fully saturated rings. The topological polar surface area (TPSA) is 90.6 Å². The molecule has 2 N–H and O–H groups in total. The number of nitrogens with one attached hydrogen (secondary N) is 2. The Labute approximate surface area is 165 Å². The van der Waals surface area contributed by atoms with Gasteiger partial charge in [-0.1, -0.05) is 0 Å². The van der Waals surface area contributed by atoms with Crippen molar-refractivity contribution in [3.8, 4) is 0 Å². The lowest BCUT2D eigenvalue weighted by Gasteiger charge is -2.50. The highest BCUT2D eigenvalue weighted by Crippen LogP contribution is 2.45. The molecule has 152 valence electrons. The maximum atomic E-state index is 13.0. The fourth-order valence-corrected chi connectivity index (χ4v) is 5.06. The van der Waals surface area contributed by atoms with Gasteiger partial charge in [0.05, 0.1) is 36.7 Å². The smallest absolute Gasteiger partial charge is 0.226 e. The number of hydrogen-bond donors (Lipinski definition) is 2. The lowest BCUT2D eigenvalue weighted by atomic mass is 9.78. The fraction of sp³-hybridized carbons (Fsp3) is 0.750. The lowest BCUT2D eigenvalue weighted by molar-refractivity contribution is -0.146. The number of likely N-dealkylation sites (tertiary alicyclic amines) is 1. The first-order valence-electron chi connectivity index (χ1n) is 10.6. The van der Waals surface area contributed by atoms with Gasteiger partial charge in [-0.05, 0) is 25.7 Å². The summed E-state index contributed by atoms with van der Waals surface area (Å²) in [6.45, 7) is 4.35. The molecule has 4 aliphatic rings. The summed E-state index contributed by atoms with van der Waals surface area (Å²) in [6.07, 6.45) is 6.54. The largest absolute Gasteiger partial charge is 0.375 e. The van der Waals surface area contributed by atoms with Gasteiger partial charge in [-0.3, -0.25) is 9.59 Å². The first-order chi connectivity index (χ1) is 13.7. The summed E-state index contributed by atoms with van der Waals surface area (Å²) < 4.78 is 5.69. The summed E-state index contributed by atoms with van der Waals surface area (Å²) in [5.41, 5.74) is 1.83. The van der Waals surface area contributed by atoms with Crippen molar-refractivity contribution in [2.45, 2.75) is 50.2 Å². The minimum Gasteiger partial charge on any atom is -0.375 e. The third-order valence-electron chi connectivity index (χ3n) is 6.80. The number of H-pyrrole nitrogens is 1. The van der Waals surface area contributed by atoms with Crippen LogP contribution in [0.5, 0.6) is 0 Å².